The highest BCUT2D eigenvalue weighted by atomic mass is 15.1. The zero-order chi connectivity index (χ0) is 20.9. The first-order valence-electron chi connectivity index (χ1n) is 11.4. The summed E-state index contributed by atoms with van der Waals surface area (Å²) in [5.41, 5.74) is 16.3. The van der Waals surface area contributed by atoms with Crippen LogP contribution in [0.4, 0.5) is 0 Å². The lowest BCUT2D eigenvalue weighted by Gasteiger charge is -2.39. The summed E-state index contributed by atoms with van der Waals surface area (Å²) in [6, 6.07) is 25.4. The van der Waals surface area contributed by atoms with E-state index >= 15 is 0 Å². The minimum atomic E-state index is -0.0522. The van der Waals surface area contributed by atoms with Gasteiger partial charge < -0.3 is 0 Å². The van der Waals surface area contributed by atoms with Crippen LogP contribution in [0.2, 0.25) is 0 Å². The van der Waals surface area contributed by atoms with Crippen LogP contribution in [0.5, 0.6) is 0 Å². The van der Waals surface area contributed by atoms with E-state index in [1.165, 1.54) is 55.8 Å². The SMILES string of the molecule is Cc1cccc2c1C(C)(C)[n+]1cccc3c1C2c1ccc2c(c1C3)-c1ccccc1C2. The number of hydrogen-bond acceptors (Lipinski definition) is 0. The smallest absolute Gasteiger partial charge is 0.192 e. The van der Waals surface area contributed by atoms with Crippen LogP contribution in [0.25, 0.3) is 11.1 Å². The van der Waals surface area contributed by atoms with E-state index < -0.39 is 0 Å². The van der Waals surface area contributed by atoms with Gasteiger partial charge in [-0.25, -0.2) is 0 Å². The van der Waals surface area contributed by atoms with Gasteiger partial charge in [0.15, 0.2) is 17.4 Å². The second kappa shape index (κ2) is 5.73. The van der Waals surface area contributed by atoms with Crippen LogP contribution < -0.4 is 4.57 Å². The van der Waals surface area contributed by atoms with Gasteiger partial charge >= 0.3 is 0 Å². The highest BCUT2D eigenvalue weighted by Crippen LogP contribution is 2.51. The molecular formula is C30H26N+. The average molecular weight is 401 g/mol. The van der Waals surface area contributed by atoms with Crippen molar-refractivity contribution in [2.45, 2.75) is 45.1 Å². The molecule has 0 N–H and O–H groups in total. The molecule has 0 amide bonds. The van der Waals surface area contributed by atoms with E-state index in [2.05, 4.69) is 98.3 Å². The molecule has 0 saturated carbocycles. The van der Waals surface area contributed by atoms with Gasteiger partial charge in [-0.3, -0.25) is 0 Å². The molecule has 0 radical (unpaired) electrons. The molecule has 2 aliphatic carbocycles. The third kappa shape index (κ3) is 2.09. The lowest BCUT2D eigenvalue weighted by Crippen LogP contribution is -2.60. The Bertz CT molecular complexity index is 1420. The number of rotatable bonds is 0. The Morgan fingerprint density at radius 3 is 2.52 bits per heavy atom. The Morgan fingerprint density at radius 2 is 1.61 bits per heavy atom. The van der Waals surface area contributed by atoms with Crippen molar-refractivity contribution in [1.82, 2.24) is 0 Å². The number of hydrogen-bond donors (Lipinski definition) is 0. The average Bonchev–Trinajstić information content (AvgIpc) is 3.15. The third-order valence-corrected chi connectivity index (χ3v) is 8.01. The highest BCUT2D eigenvalue weighted by Gasteiger charge is 2.49. The standard InChI is InChI=1S/C30H26N/c1-18-8-6-12-24-27-23-14-13-20-16-19-9-4-5-11-22(19)26(20)25(23)17-21-10-7-15-31(29(21)27)30(2,3)28(18)24/h4-15,27H,16-17H2,1-3H3/q+1. The van der Waals surface area contributed by atoms with Crippen molar-refractivity contribution in [3.63, 3.8) is 0 Å². The van der Waals surface area contributed by atoms with Gasteiger partial charge in [0.25, 0.3) is 0 Å². The van der Waals surface area contributed by atoms with Gasteiger partial charge in [0.05, 0.1) is 5.92 Å². The van der Waals surface area contributed by atoms with Gasteiger partial charge in [-0.2, -0.15) is 4.57 Å². The molecule has 4 aromatic rings. The Morgan fingerprint density at radius 1 is 0.774 bits per heavy atom. The largest absolute Gasteiger partial charge is 0.197 e. The fourth-order valence-electron chi connectivity index (χ4n) is 6.85. The van der Waals surface area contributed by atoms with Crippen molar-refractivity contribution in [3.05, 3.63) is 123 Å². The fraction of sp³-hybridized carbons (Fsp3) is 0.233. The van der Waals surface area contributed by atoms with Gasteiger partial charge in [0.2, 0.25) is 0 Å². The molecule has 0 spiro atoms. The first kappa shape index (κ1) is 17.5. The van der Waals surface area contributed by atoms with E-state index in [0.29, 0.717) is 5.92 Å². The summed E-state index contributed by atoms with van der Waals surface area (Å²) in [7, 11) is 0. The van der Waals surface area contributed by atoms with Gasteiger partial charge in [-0.05, 0) is 63.9 Å². The van der Waals surface area contributed by atoms with Crippen molar-refractivity contribution in [3.8, 4) is 11.1 Å². The maximum Gasteiger partial charge on any atom is 0.197 e. The first-order chi connectivity index (χ1) is 15.1. The summed E-state index contributed by atoms with van der Waals surface area (Å²) in [4.78, 5) is 0. The van der Waals surface area contributed by atoms with Crippen LogP contribution in [0, 0.1) is 6.92 Å². The predicted molar refractivity (Wildman–Crippen MR) is 125 cm³/mol. The maximum absolute atomic E-state index is 2.56. The van der Waals surface area contributed by atoms with Crippen molar-refractivity contribution in [2.24, 2.45) is 0 Å². The Kier molecular flexibility index (Phi) is 3.23. The van der Waals surface area contributed by atoms with Crippen molar-refractivity contribution < 1.29 is 4.57 Å². The molecule has 2 heterocycles. The molecule has 7 rings (SSSR count). The van der Waals surface area contributed by atoms with E-state index in [1.54, 1.807) is 5.56 Å². The number of fused-ring (bicyclic) bond motifs is 8. The fourth-order valence-corrected chi connectivity index (χ4v) is 6.85. The summed E-state index contributed by atoms with van der Waals surface area (Å²) in [6.07, 6.45) is 4.39. The molecule has 0 saturated heterocycles. The Hall–Kier alpha value is -3.19. The highest BCUT2D eigenvalue weighted by molar-refractivity contribution is 5.82. The normalized spacial score (nSPS) is 18.5. The molecule has 1 atom stereocenters. The summed E-state index contributed by atoms with van der Waals surface area (Å²) < 4.78 is 2.56. The monoisotopic (exact) mass is 400 g/mol. The Labute approximate surface area is 184 Å². The topological polar surface area (TPSA) is 3.88 Å². The number of benzene rings is 3. The minimum absolute atomic E-state index is 0.0522. The van der Waals surface area contributed by atoms with E-state index in [0.717, 1.165) is 12.8 Å². The molecule has 31 heavy (non-hydrogen) atoms. The van der Waals surface area contributed by atoms with Crippen LogP contribution in [0.3, 0.4) is 0 Å². The number of nitrogens with zero attached hydrogens (tertiary/aromatic N) is 1. The van der Waals surface area contributed by atoms with Crippen molar-refractivity contribution in [1.29, 1.82) is 0 Å². The molecular weight excluding hydrogens is 374 g/mol. The van der Waals surface area contributed by atoms with Crippen LogP contribution in [-0.2, 0) is 18.4 Å². The summed E-state index contributed by atoms with van der Waals surface area (Å²) >= 11 is 0. The van der Waals surface area contributed by atoms with Crippen molar-refractivity contribution in [2.75, 3.05) is 0 Å². The summed E-state index contributed by atoms with van der Waals surface area (Å²) in [6.45, 7) is 7.03. The second-order valence-corrected chi connectivity index (χ2v) is 10.00. The lowest BCUT2D eigenvalue weighted by atomic mass is 9.68. The second-order valence-electron chi connectivity index (χ2n) is 10.00. The van der Waals surface area contributed by atoms with Gasteiger partial charge in [0.1, 0.15) is 0 Å². The molecule has 1 unspecified atom stereocenters. The van der Waals surface area contributed by atoms with Crippen LogP contribution in [-0.4, -0.2) is 0 Å². The zero-order valence-corrected chi connectivity index (χ0v) is 18.4. The van der Waals surface area contributed by atoms with Crippen LogP contribution in [0.1, 0.15) is 70.0 Å². The van der Waals surface area contributed by atoms with Crippen LogP contribution >= 0.6 is 0 Å². The number of aromatic nitrogens is 1. The van der Waals surface area contributed by atoms with Gasteiger partial charge in [0, 0.05) is 37.5 Å². The summed E-state index contributed by atoms with van der Waals surface area (Å²) in [5, 5.41) is 0. The lowest BCUT2D eigenvalue weighted by molar-refractivity contribution is -0.757. The predicted octanol–water partition coefficient (Wildman–Crippen LogP) is 6.03. The number of pyridine rings is 1. The first-order valence-corrected chi connectivity index (χ1v) is 11.4. The molecule has 1 aromatic heterocycles. The van der Waals surface area contributed by atoms with E-state index in [1.807, 2.05) is 0 Å². The molecule has 1 nitrogen and oxygen atoms in total. The summed E-state index contributed by atoms with van der Waals surface area (Å²) in [5.74, 6) is 0.306. The molecule has 0 fully saturated rings. The third-order valence-electron chi connectivity index (χ3n) is 8.01. The molecule has 1 aliphatic heterocycles. The molecule has 3 aromatic carbocycles. The van der Waals surface area contributed by atoms with E-state index in [-0.39, 0.29) is 5.54 Å². The van der Waals surface area contributed by atoms with Gasteiger partial charge in [-0.15, -0.1) is 0 Å². The Balaban J connectivity index is 1.59. The molecule has 1 heteroatoms. The van der Waals surface area contributed by atoms with Gasteiger partial charge in [-0.1, -0.05) is 54.6 Å². The molecule has 150 valence electrons. The van der Waals surface area contributed by atoms with E-state index in [4.69, 9.17) is 0 Å². The zero-order valence-electron chi connectivity index (χ0n) is 18.4. The quantitative estimate of drug-likeness (QED) is 0.274. The van der Waals surface area contributed by atoms with E-state index in [9.17, 15) is 0 Å². The number of aryl methyl sites for hydroxylation is 1. The van der Waals surface area contributed by atoms with Crippen LogP contribution in [0.15, 0.2) is 72.9 Å². The maximum atomic E-state index is 2.56. The molecule has 3 aliphatic rings. The minimum Gasteiger partial charge on any atom is -0.192 e. The van der Waals surface area contributed by atoms with Crippen molar-refractivity contribution >= 4 is 0 Å². The molecule has 0 bridgehead atoms.